The fourth-order valence-corrected chi connectivity index (χ4v) is 2.87. The predicted octanol–water partition coefficient (Wildman–Crippen LogP) is 0.284. The van der Waals surface area contributed by atoms with Crippen molar-refractivity contribution in [2.75, 3.05) is 29.1 Å². The molecule has 9 heteroatoms. The number of aliphatic hydroxyl groups is 1. The van der Waals surface area contributed by atoms with Crippen LogP contribution in [0.4, 0.5) is 17.1 Å². The van der Waals surface area contributed by atoms with E-state index in [4.69, 9.17) is 21.6 Å². The average molecular weight is 383 g/mol. The van der Waals surface area contributed by atoms with Crippen molar-refractivity contribution in [2.24, 2.45) is 5.73 Å². The molecule has 1 saturated heterocycles. The minimum atomic E-state index is -1.69. The molecule has 1 heterocycles. The molecule has 0 radical (unpaired) electrons. The first-order valence-corrected chi connectivity index (χ1v) is 8.59. The summed E-state index contributed by atoms with van der Waals surface area (Å²) < 4.78 is 5.37. The molecule has 7 N–H and O–H groups in total. The van der Waals surface area contributed by atoms with Crippen LogP contribution in [0.2, 0.25) is 0 Å². The second-order valence-corrected chi connectivity index (χ2v) is 6.30. The second-order valence-electron chi connectivity index (χ2n) is 6.30. The molecule has 2 amide bonds. The smallest absolute Gasteiger partial charge is 0.259 e. The summed E-state index contributed by atoms with van der Waals surface area (Å²) in [6.07, 6.45) is -3.02. The van der Waals surface area contributed by atoms with E-state index in [1.54, 1.807) is 48.5 Å². The number of aliphatic hydroxyl groups excluding tert-OH is 1. The van der Waals surface area contributed by atoms with E-state index in [9.17, 15) is 14.7 Å². The van der Waals surface area contributed by atoms with E-state index in [1.807, 2.05) is 0 Å². The lowest BCUT2D eigenvalue weighted by molar-refractivity contribution is -0.150. The maximum atomic E-state index is 12.7. The summed E-state index contributed by atoms with van der Waals surface area (Å²) in [4.78, 5) is 26.5. The number of hydrogen-bond donors (Lipinski definition) is 5. The van der Waals surface area contributed by atoms with E-state index in [0.717, 1.165) is 0 Å². The summed E-state index contributed by atoms with van der Waals surface area (Å²) in [5.41, 5.74) is 13.1. The molecule has 1 aliphatic rings. The third kappa shape index (κ3) is 4.11. The van der Waals surface area contributed by atoms with Gasteiger partial charge in [-0.2, -0.15) is 0 Å². The number of nitrogens with one attached hydrogen (secondary N) is 2. The lowest BCUT2D eigenvalue weighted by Crippen LogP contribution is -2.55. The molecule has 28 heavy (non-hydrogen) atoms. The number of anilines is 3. The van der Waals surface area contributed by atoms with Crippen LogP contribution in [-0.4, -0.2) is 48.1 Å². The van der Waals surface area contributed by atoms with E-state index >= 15 is 0 Å². The zero-order valence-electron chi connectivity index (χ0n) is 15.0. The van der Waals surface area contributed by atoms with Gasteiger partial charge in [-0.15, -0.1) is 0 Å². The Bertz CT molecular complexity index is 899. The van der Waals surface area contributed by atoms with Crippen molar-refractivity contribution in [3.63, 3.8) is 0 Å². The van der Waals surface area contributed by atoms with Gasteiger partial charge < -0.3 is 31.5 Å². The van der Waals surface area contributed by atoms with Crippen molar-refractivity contribution in [3.05, 3.63) is 54.1 Å². The standard InChI is InChI=1S/C19H21N5O4/c20-12-2-1-3-14(10-12)24-8-9-28-16(19(24)27)15(25)18(26)23-13-6-4-11(5-7-13)17(21)22/h1-7,10,15-16,25H,8-9,20H2,(H3,21,22)(H,23,26)/t15-,16?/m1/s1. The lowest BCUT2D eigenvalue weighted by Gasteiger charge is -2.34. The molecule has 2 aromatic rings. The number of nitrogens with zero attached hydrogens (tertiary/aromatic N) is 1. The van der Waals surface area contributed by atoms with Gasteiger partial charge in [0, 0.05) is 29.2 Å². The van der Waals surface area contributed by atoms with Gasteiger partial charge in [0.15, 0.2) is 12.2 Å². The lowest BCUT2D eigenvalue weighted by atomic mass is 10.1. The van der Waals surface area contributed by atoms with Gasteiger partial charge in [0.05, 0.1) is 6.61 Å². The largest absolute Gasteiger partial charge is 0.399 e. The number of carbonyl (C=O) groups excluding carboxylic acids is 2. The van der Waals surface area contributed by atoms with Gasteiger partial charge in [0.25, 0.3) is 11.8 Å². The van der Waals surface area contributed by atoms with Gasteiger partial charge in [-0.25, -0.2) is 0 Å². The van der Waals surface area contributed by atoms with Gasteiger partial charge in [0.1, 0.15) is 5.84 Å². The number of ether oxygens (including phenoxy) is 1. The quantitative estimate of drug-likeness (QED) is 0.284. The summed E-state index contributed by atoms with van der Waals surface area (Å²) in [5, 5.41) is 20.3. The fourth-order valence-electron chi connectivity index (χ4n) is 2.87. The van der Waals surface area contributed by atoms with Crippen LogP contribution in [0.25, 0.3) is 0 Å². The van der Waals surface area contributed by atoms with Crippen molar-refractivity contribution >= 4 is 34.7 Å². The number of benzene rings is 2. The Labute approximate surface area is 161 Å². The Morgan fingerprint density at radius 3 is 2.64 bits per heavy atom. The van der Waals surface area contributed by atoms with Crippen LogP contribution in [0.1, 0.15) is 5.56 Å². The second kappa shape index (κ2) is 8.07. The molecule has 3 rings (SSSR count). The van der Waals surface area contributed by atoms with Crippen molar-refractivity contribution in [2.45, 2.75) is 12.2 Å². The monoisotopic (exact) mass is 383 g/mol. The molecule has 1 unspecified atom stereocenters. The normalized spacial score (nSPS) is 17.8. The van der Waals surface area contributed by atoms with Gasteiger partial charge in [0.2, 0.25) is 0 Å². The summed E-state index contributed by atoms with van der Waals surface area (Å²) in [6.45, 7) is 0.461. The summed E-state index contributed by atoms with van der Waals surface area (Å²) in [5.74, 6) is -1.39. The Morgan fingerprint density at radius 1 is 1.29 bits per heavy atom. The highest BCUT2D eigenvalue weighted by molar-refractivity contribution is 6.04. The van der Waals surface area contributed by atoms with Crippen LogP contribution in [0.5, 0.6) is 0 Å². The molecule has 0 aliphatic carbocycles. The molecule has 146 valence electrons. The third-order valence-electron chi connectivity index (χ3n) is 4.32. The highest BCUT2D eigenvalue weighted by Crippen LogP contribution is 2.22. The molecular formula is C19H21N5O4. The minimum absolute atomic E-state index is 0.0965. The van der Waals surface area contributed by atoms with E-state index in [-0.39, 0.29) is 12.4 Å². The number of hydrogen-bond acceptors (Lipinski definition) is 6. The van der Waals surface area contributed by atoms with Crippen LogP contribution in [0, 0.1) is 5.41 Å². The van der Waals surface area contributed by atoms with Crippen molar-refractivity contribution in [3.8, 4) is 0 Å². The minimum Gasteiger partial charge on any atom is -0.399 e. The molecule has 0 bridgehead atoms. The van der Waals surface area contributed by atoms with Gasteiger partial charge in [-0.05, 0) is 42.5 Å². The highest BCUT2D eigenvalue weighted by Gasteiger charge is 2.39. The highest BCUT2D eigenvalue weighted by atomic mass is 16.5. The van der Waals surface area contributed by atoms with Crippen LogP contribution in [-0.2, 0) is 14.3 Å². The van der Waals surface area contributed by atoms with E-state index < -0.39 is 24.0 Å². The Balaban J connectivity index is 1.70. The zero-order valence-corrected chi connectivity index (χ0v) is 15.0. The van der Waals surface area contributed by atoms with E-state index in [0.29, 0.717) is 29.2 Å². The molecule has 0 aromatic heterocycles. The number of amidine groups is 1. The average Bonchev–Trinajstić information content (AvgIpc) is 2.68. The number of morpholine rings is 1. The Hall–Kier alpha value is -3.43. The number of carbonyl (C=O) groups is 2. The first-order chi connectivity index (χ1) is 13.4. The summed E-state index contributed by atoms with van der Waals surface area (Å²) in [6, 6.07) is 13.0. The first kappa shape index (κ1) is 19.3. The number of amides is 2. The Kier molecular flexibility index (Phi) is 5.57. The van der Waals surface area contributed by atoms with Crippen molar-refractivity contribution < 1.29 is 19.4 Å². The SMILES string of the molecule is N=C(N)c1ccc(NC(=O)[C@H](O)C2OCCN(c3cccc(N)c3)C2=O)cc1. The van der Waals surface area contributed by atoms with Crippen LogP contribution in [0.3, 0.4) is 0 Å². The zero-order chi connectivity index (χ0) is 20.3. The number of nitrogens with two attached hydrogens (primary N) is 2. The maximum Gasteiger partial charge on any atom is 0.259 e. The summed E-state index contributed by atoms with van der Waals surface area (Å²) in [7, 11) is 0. The molecule has 2 aromatic carbocycles. The molecule has 0 spiro atoms. The van der Waals surface area contributed by atoms with Crippen LogP contribution in [0.15, 0.2) is 48.5 Å². The predicted molar refractivity (Wildman–Crippen MR) is 105 cm³/mol. The molecular weight excluding hydrogens is 362 g/mol. The van der Waals surface area contributed by atoms with Gasteiger partial charge in [-0.3, -0.25) is 15.0 Å². The van der Waals surface area contributed by atoms with Gasteiger partial charge in [-0.1, -0.05) is 6.07 Å². The Morgan fingerprint density at radius 2 is 2.00 bits per heavy atom. The third-order valence-corrected chi connectivity index (χ3v) is 4.32. The van der Waals surface area contributed by atoms with E-state index in [2.05, 4.69) is 5.32 Å². The van der Waals surface area contributed by atoms with Crippen molar-refractivity contribution in [1.29, 1.82) is 5.41 Å². The fraction of sp³-hybridized carbons (Fsp3) is 0.211. The van der Waals surface area contributed by atoms with Crippen LogP contribution >= 0.6 is 0 Å². The molecule has 2 atom stereocenters. The van der Waals surface area contributed by atoms with Crippen molar-refractivity contribution in [1.82, 2.24) is 0 Å². The van der Waals surface area contributed by atoms with E-state index in [1.165, 1.54) is 4.90 Å². The number of nitrogen functional groups attached to an aromatic ring is 2. The maximum absolute atomic E-state index is 12.7. The first-order valence-electron chi connectivity index (χ1n) is 8.59. The topological polar surface area (TPSA) is 155 Å². The van der Waals surface area contributed by atoms with Gasteiger partial charge >= 0.3 is 0 Å². The van der Waals surface area contributed by atoms with Crippen LogP contribution < -0.4 is 21.7 Å². The molecule has 0 saturated carbocycles. The summed E-state index contributed by atoms with van der Waals surface area (Å²) >= 11 is 0. The molecule has 9 nitrogen and oxygen atoms in total. The molecule has 1 fully saturated rings. The number of rotatable bonds is 5. The molecule has 1 aliphatic heterocycles.